The molecule has 10 heteroatoms. The van der Waals surface area contributed by atoms with Gasteiger partial charge in [-0.3, -0.25) is 9.59 Å². The minimum atomic E-state index is -0.477. The number of aromatic nitrogens is 3. The fourth-order valence-corrected chi connectivity index (χ4v) is 4.01. The van der Waals surface area contributed by atoms with Crippen molar-refractivity contribution in [2.75, 3.05) is 7.11 Å². The van der Waals surface area contributed by atoms with Crippen molar-refractivity contribution in [2.45, 2.75) is 44.9 Å². The molecule has 1 fully saturated rings. The third kappa shape index (κ3) is 4.77. The molecule has 1 aliphatic carbocycles. The number of pyridine rings is 1. The molecule has 1 saturated carbocycles. The van der Waals surface area contributed by atoms with Gasteiger partial charge in [0.15, 0.2) is 17.7 Å². The molecule has 2 aromatic heterocycles. The fraction of sp³-hybridized carbons (Fsp3) is 0.320. The van der Waals surface area contributed by atoms with E-state index in [-0.39, 0.29) is 23.5 Å². The predicted molar refractivity (Wildman–Crippen MR) is 125 cm³/mol. The van der Waals surface area contributed by atoms with Crippen LogP contribution in [0.15, 0.2) is 52.7 Å². The number of nitrogens with one attached hydrogen (secondary N) is 1. The van der Waals surface area contributed by atoms with Crippen molar-refractivity contribution < 1.29 is 18.8 Å². The summed E-state index contributed by atoms with van der Waals surface area (Å²) < 4.78 is 20.4. The molecule has 5 rings (SSSR count). The Labute approximate surface area is 200 Å². The van der Waals surface area contributed by atoms with Crippen molar-refractivity contribution in [1.82, 2.24) is 19.9 Å². The molecule has 0 radical (unpaired) electrons. The third-order valence-electron chi connectivity index (χ3n) is 6.06. The average Bonchev–Trinajstić information content (AvgIpc) is 3.58. The number of nitrogens with zero attached hydrogens (tertiary/aromatic N) is 4. The Morgan fingerprint density at radius 1 is 1.29 bits per heavy atom. The molecule has 1 N–H and O–H groups in total. The van der Waals surface area contributed by atoms with Gasteiger partial charge in [-0.25, -0.2) is 14.4 Å². The number of hydrogen-bond acceptors (Lipinski definition) is 7. The van der Waals surface area contributed by atoms with Gasteiger partial charge in [0, 0.05) is 48.6 Å². The van der Waals surface area contributed by atoms with E-state index >= 15 is 0 Å². The number of methoxy groups -OCH3 is 1. The van der Waals surface area contributed by atoms with Crippen LogP contribution in [0.25, 0.3) is 0 Å². The maximum absolute atomic E-state index is 13.7. The van der Waals surface area contributed by atoms with Crippen LogP contribution in [0.1, 0.15) is 64.4 Å². The van der Waals surface area contributed by atoms with E-state index in [9.17, 15) is 14.0 Å². The molecule has 0 bridgehead atoms. The maximum atomic E-state index is 13.7. The molecule has 1 amide bonds. The lowest BCUT2D eigenvalue weighted by atomic mass is 10.0. The first-order chi connectivity index (χ1) is 16.9. The molecular formula is C25H24FN5O4. The summed E-state index contributed by atoms with van der Waals surface area (Å²) >= 11 is 0. The third-order valence-corrected chi connectivity index (χ3v) is 6.06. The molecule has 3 heterocycles. The zero-order valence-electron chi connectivity index (χ0n) is 19.3. The molecule has 9 nitrogen and oxygen atoms in total. The van der Waals surface area contributed by atoms with Crippen LogP contribution in [0.4, 0.5) is 4.39 Å². The van der Waals surface area contributed by atoms with Gasteiger partial charge in [-0.1, -0.05) is 11.2 Å². The first-order valence-corrected chi connectivity index (χ1v) is 11.3. The van der Waals surface area contributed by atoms with Gasteiger partial charge in [0.25, 0.3) is 11.5 Å². The number of carbonyl (C=O) groups excluding carboxylic acids is 1. The number of carbonyl (C=O) groups is 1. The largest absolute Gasteiger partial charge is 0.494 e. The number of oxime groups is 1. The number of hydrogen-bond donors (Lipinski definition) is 1. The van der Waals surface area contributed by atoms with Gasteiger partial charge in [-0.2, -0.15) is 0 Å². The van der Waals surface area contributed by atoms with Crippen LogP contribution in [-0.4, -0.2) is 33.3 Å². The SMILES string of the molecule is COc1cc(CNC(=O)c2nc(C)ncc2C2=NOC(c3ccn(C4CC4)c(=O)c3)C2)ccc1F. The molecule has 1 aliphatic heterocycles. The Hall–Kier alpha value is -4.08. The Kier molecular flexibility index (Phi) is 6.02. The van der Waals surface area contributed by atoms with Crippen LogP contribution in [0, 0.1) is 12.7 Å². The number of benzene rings is 1. The zero-order valence-corrected chi connectivity index (χ0v) is 19.3. The normalized spacial score (nSPS) is 17.0. The van der Waals surface area contributed by atoms with Crippen molar-refractivity contribution in [3.05, 3.63) is 87.1 Å². The van der Waals surface area contributed by atoms with Crippen LogP contribution >= 0.6 is 0 Å². The first-order valence-electron chi connectivity index (χ1n) is 11.3. The van der Waals surface area contributed by atoms with Crippen LogP contribution < -0.4 is 15.6 Å². The van der Waals surface area contributed by atoms with Crippen molar-refractivity contribution in [3.8, 4) is 5.75 Å². The van der Waals surface area contributed by atoms with Gasteiger partial charge in [0.05, 0.1) is 12.8 Å². The van der Waals surface area contributed by atoms with Crippen molar-refractivity contribution >= 4 is 11.6 Å². The second kappa shape index (κ2) is 9.28. The Morgan fingerprint density at radius 2 is 2.11 bits per heavy atom. The molecular weight excluding hydrogens is 453 g/mol. The Morgan fingerprint density at radius 3 is 2.86 bits per heavy atom. The van der Waals surface area contributed by atoms with Crippen LogP contribution in [0.2, 0.25) is 0 Å². The number of ether oxygens (including phenoxy) is 1. The Bertz CT molecular complexity index is 1380. The number of aryl methyl sites for hydroxylation is 1. The highest BCUT2D eigenvalue weighted by molar-refractivity contribution is 6.09. The number of halogens is 1. The van der Waals surface area contributed by atoms with Crippen molar-refractivity contribution in [3.63, 3.8) is 0 Å². The van der Waals surface area contributed by atoms with Gasteiger partial charge in [0.1, 0.15) is 11.5 Å². The second-order valence-electron chi connectivity index (χ2n) is 8.60. The summed E-state index contributed by atoms with van der Waals surface area (Å²) in [5.74, 6) is -0.368. The highest BCUT2D eigenvalue weighted by Gasteiger charge is 2.30. The summed E-state index contributed by atoms with van der Waals surface area (Å²) in [5.41, 5.74) is 2.49. The second-order valence-corrected chi connectivity index (χ2v) is 8.60. The summed E-state index contributed by atoms with van der Waals surface area (Å²) in [6, 6.07) is 8.14. The molecule has 1 aromatic carbocycles. The number of rotatable bonds is 7. The van der Waals surface area contributed by atoms with E-state index in [2.05, 4.69) is 20.4 Å². The molecule has 1 unspecified atom stereocenters. The predicted octanol–water partition coefficient (Wildman–Crippen LogP) is 3.23. The summed E-state index contributed by atoms with van der Waals surface area (Å²) in [4.78, 5) is 39.6. The summed E-state index contributed by atoms with van der Waals surface area (Å²) in [6.07, 6.45) is 5.34. The van der Waals surface area contributed by atoms with Crippen molar-refractivity contribution in [2.24, 2.45) is 5.16 Å². The van der Waals surface area contributed by atoms with Gasteiger partial charge < -0.3 is 19.5 Å². The van der Waals surface area contributed by atoms with E-state index in [1.807, 2.05) is 6.07 Å². The molecule has 1 atom stereocenters. The zero-order chi connectivity index (χ0) is 24.5. The fourth-order valence-electron chi connectivity index (χ4n) is 4.01. The highest BCUT2D eigenvalue weighted by Crippen LogP contribution is 2.34. The quantitative estimate of drug-likeness (QED) is 0.560. The average molecular weight is 477 g/mol. The van der Waals surface area contributed by atoms with Gasteiger partial charge in [0.2, 0.25) is 0 Å². The van der Waals surface area contributed by atoms with E-state index in [1.54, 1.807) is 36.0 Å². The number of amides is 1. The van der Waals surface area contributed by atoms with Gasteiger partial charge in [-0.15, -0.1) is 0 Å². The molecule has 0 spiro atoms. The lowest BCUT2D eigenvalue weighted by molar-refractivity contribution is 0.0855. The van der Waals surface area contributed by atoms with Gasteiger partial charge >= 0.3 is 0 Å². The van der Waals surface area contributed by atoms with E-state index < -0.39 is 17.8 Å². The van der Waals surface area contributed by atoms with Gasteiger partial charge in [-0.05, 0) is 43.5 Å². The molecule has 2 aliphatic rings. The van der Waals surface area contributed by atoms with Crippen LogP contribution in [-0.2, 0) is 11.4 Å². The van der Waals surface area contributed by atoms with Crippen LogP contribution in [0.5, 0.6) is 5.75 Å². The van der Waals surface area contributed by atoms with E-state index in [1.165, 1.54) is 19.2 Å². The molecule has 180 valence electrons. The molecule has 35 heavy (non-hydrogen) atoms. The minimum Gasteiger partial charge on any atom is -0.494 e. The summed E-state index contributed by atoms with van der Waals surface area (Å²) in [5, 5.41) is 6.98. The Balaban J connectivity index is 1.32. The summed E-state index contributed by atoms with van der Waals surface area (Å²) in [6.45, 7) is 1.84. The van der Waals surface area contributed by atoms with E-state index in [0.29, 0.717) is 35.1 Å². The lowest BCUT2D eigenvalue weighted by Gasteiger charge is -2.11. The standard InChI is InChI=1S/C25H24FN5O4/c1-14-27-13-18(24(29-14)25(33)28-12-15-3-6-19(26)22(9-15)34-2)20-11-21(35-30-20)16-7-8-31(17-4-5-17)23(32)10-16/h3,6-10,13,17,21H,4-5,11-12H2,1-2H3,(H,28,33). The molecule has 3 aromatic rings. The smallest absolute Gasteiger partial charge is 0.270 e. The van der Waals surface area contributed by atoms with E-state index in [4.69, 9.17) is 9.57 Å². The molecule has 0 saturated heterocycles. The minimum absolute atomic E-state index is 0.0572. The van der Waals surface area contributed by atoms with Crippen molar-refractivity contribution in [1.29, 1.82) is 0 Å². The van der Waals surface area contributed by atoms with Crippen LogP contribution in [0.3, 0.4) is 0 Å². The maximum Gasteiger partial charge on any atom is 0.270 e. The lowest BCUT2D eigenvalue weighted by Crippen LogP contribution is -2.27. The highest BCUT2D eigenvalue weighted by atomic mass is 19.1. The topological polar surface area (TPSA) is 108 Å². The monoisotopic (exact) mass is 477 g/mol. The summed E-state index contributed by atoms with van der Waals surface area (Å²) in [7, 11) is 1.38. The first kappa shape index (κ1) is 22.7. The van der Waals surface area contributed by atoms with E-state index in [0.717, 1.165) is 18.4 Å².